The number of H-pyrrole nitrogens is 1. The first-order valence-corrected chi connectivity index (χ1v) is 10.2. The quantitative estimate of drug-likeness (QED) is 0.630. The van der Waals surface area contributed by atoms with Crippen molar-refractivity contribution in [2.24, 2.45) is 5.92 Å². The van der Waals surface area contributed by atoms with Gasteiger partial charge in [-0.15, -0.1) is 0 Å². The number of benzene rings is 2. The molecule has 0 saturated carbocycles. The van der Waals surface area contributed by atoms with E-state index in [1.165, 1.54) is 19.1 Å². The van der Waals surface area contributed by atoms with Gasteiger partial charge in [-0.25, -0.2) is 4.39 Å². The lowest BCUT2D eigenvalue weighted by Gasteiger charge is -2.31. The van der Waals surface area contributed by atoms with Crippen molar-refractivity contribution in [2.45, 2.75) is 19.8 Å². The summed E-state index contributed by atoms with van der Waals surface area (Å²) in [6.45, 7) is 2.13. The molecule has 1 amide bonds. The van der Waals surface area contributed by atoms with Crippen LogP contribution in [0.4, 0.5) is 4.39 Å². The van der Waals surface area contributed by atoms with Crippen LogP contribution in [0.25, 0.3) is 11.1 Å². The fourth-order valence-electron chi connectivity index (χ4n) is 3.91. The van der Waals surface area contributed by atoms with Gasteiger partial charge in [-0.05, 0) is 30.5 Å². The maximum Gasteiger partial charge on any atom is 0.271 e. The number of carbonyl (C=O) groups excluding carboxylic acids is 3. The molecule has 2 heterocycles. The molecule has 1 aliphatic rings. The minimum atomic E-state index is -0.449. The maximum absolute atomic E-state index is 14.7. The molecule has 1 fully saturated rings. The Morgan fingerprint density at radius 2 is 1.87 bits per heavy atom. The molecular formula is C24H22FN3O3. The Kier molecular flexibility index (Phi) is 5.75. The number of ketones is 2. The summed E-state index contributed by atoms with van der Waals surface area (Å²) in [4.78, 5) is 38.8. The molecule has 0 spiro atoms. The zero-order valence-electron chi connectivity index (χ0n) is 17.1. The van der Waals surface area contributed by atoms with Gasteiger partial charge in [0.2, 0.25) is 0 Å². The molecule has 6 nitrogen and oxygen atoms in total. The standard InChI is InChI=1S/C24H22FN3O3/c1-15(29)21-13-22(27-26-21)24(31)28-11-5-8-18(14-28)23(30)17-9-10-19(20(25)12-17)16-6-3-2-4-7-16/h2-4,6-7,9-10,12-13,18H,5,8,11,14H2,1H3,(H,26,27)/t18-/m0/s1. The minimum Gasteiger partial charge on any atom is -0.337 e. The zero-order valence-corrected chi connectivity index (χ0v) is 17.1. The number of piperidine rings is 1. The average molecular weight is 419 g/mol. The second-order valence-electron chi connectivity index (χ2n) is 7.74. The minimum absolute atomic E-state index is 0.176. The van der Waals surface area contributed by atoms with Gasteiger partial charge in [-0.1, -0.05) is 42.5 Å². The number of rotatable bonds is 5. The van der Waals surface area contributed by atoms with Gasteiger partial charge in [0.1, 0.15) is 17.2 Å². The first-order chi connectivity index (χ1) is 14.9. The third kappa shape index (κ3) is 4.30. The van der Waals surface area contributed by atoms with E-state index in [4.69, 9.17) is 0 Å². The van der Waals surface area contributed by atoms with Gasteiger partial charge >= 0.3 is 0 Å². The monoisotopic (exact) mass is 419 g/mol. The lowest BCUT2D eigenvalue weighted by atomic mass is 9.89. The molecule has 0 radical (unpaired) electrons. The summed E-state index contributed by atoms with van der Waals surface area (Å²) in [5, 5.41) is 6.44. The number of likely N-dealkylation sites (tertiary alicyclic amines) is 1. The predicted octanol–water partition coefficient (Wildman–Crippen LogP) is 4.15. The van der Waals surface area contributed by atoms with Crippen LogP contribution in [0.1, 0.15) is 51.1 Å². The molecule has 31 heavy (non-hydrogen) atoms. The van der Waals surface area contributed by atoms with Crippen LogP contribution in [0.2, 0.25) is 0 Å². The summed E-state index contributed by atoms with van der Waals surface area (Å²) < 4.78 is 14.7. The van der Waals surface area contributed by atoms with Crippen molar-refractivity contribution in [3.63, 3.8) is 0 Å². The van der Waals surface area contributed by atoms with Crippen molar-refractivity contribution in [1.29, 1.82) is 0 Å². The van der Waals surface area contributed by atoms with Crippen molar-refractivity contribution in [3.8, 4) is 11.1 Å². The van der Waals surface area contributed by atoms with Crippen LogP contribution in [0, 0.1) is 11.7 Å². The highest BCUT2D eigenvalue weighted by molar-refractivity contribution is 6.00. The van der Waals surface area contributed by atoms with Gasteiger partial charge in [0, 0.05) is 37.1 Å². The lowest BCUT2D eigenvalue weighted by Crippen LogP contribution is -2.42. The number of aromatic nitrogens is 2. The molecule has 7 heteroatoms. The number of carbonyl (C=O) groups is 3. The number of hydrogen-bond acceptors (Lipinski definition) is 4. The van der Waals surface area contributed by atoms with Crippen LogP contribution >= 0.6 is 0 Å². The van der Waals surface area contributed by atoms with Gasteiger partial charge in [0.25, 0.3) is 5.91 Å². The Hall–Kier alpha value is -3.61. The topological polar surface area (TPSA) is 83.1 Å². The smallest absolute Gasteiger partial charge is 0.271 e. The third-order valence-electron chi connectivity index (χ3n) is 5.59. The van der Waals surface area contributed by atoms with E-state index in [-0.39, 0.29) is 35.4 Å². The van der Waals surface area contributed by atoms with E-state index < -0.39 is 11.7 Å². The molecule has 2 aromatic carbocycles. The summed E-state index contributed by atoms with van der Waals surface area (Å²) >= 11 is 0. The zero-order chi connectivity index (χ0) is 22.0. The van der Waals surface area contributed by atoms with Crippen LogP contribution in [-0.4, -0.2) is 45.7 Å². The number of nitrogens with one attached hydrogen (secondary N) is 1. The Labute approximate surface area is 179 Å². The van der Waals surface area contributed by atoms with Crippen molar-refractivity contribution >= 4 is 17.5 Å². The maximum atomic E-state index is 14.7. The molecule has 158 valence electrons. The van der Waals surface area contributed by atoms with Gasteiger partial charge in [0.05, 0.1) is 0 Å². The number of aromatic amines is 1. The Bertz CT molecular complexity index is 1140. The molecule has 1 N–H and O–H groups in total. The van der Waals surface area contributed by atoms with Gasteiger partial charge in [0.15, 0.2) is 11.6 Å². The number of Topliss-reactive ketones (excluding diaryl/α,β-unsaturated/α-hetero) is 2. The molecule has 1 aliphatic heterocycles. The van der Waals surface area contributed by atoms with Gasteiger partial charge in [-0.2, -0.15) is 5.10 Å². The molecule has 1 aromatic heterocycles. The van der Waals surface area contributed by atoms with E-state index in [2.05, 4.69) is 10.2 Å². The molecule has 0 bridgehead atoms. The molecular weight excluding hydrogens is 397 g/mol. The highest BCUT2D eigenvalue weighted by Gasteiger charge is 2.30. The average Bonchev–Trinajstić information content (AvgIpc) is 3.29. The first-order valence-electron chi connectivity index (χ1n) is 10.2. The van der Waals surface area contributed by atoms with E-state index in [0.717, 1.165) is 5.56 Å². The third-order valence-corrected chi connectivity index (χ3v) is 5.59. The van der Waals surface area contributed by atoms with Gasteiger partial charge < -0.3 is 4.90 Å². The highest BCUT2D eigenvalue weighted by Crippen LogP contribution is 2.27. The SMILES string of the molecule is CC(=O)c1cc(C(=O)N2CCC[C@H](C(=O)c3ccc(-c4ccccc4)c(F)c3)C2)[nH]n1. The van der Waals surface area contributed by atoms with E-state index >= 15 is 0 Å². The second kappa shape index (κ2) is 8.63. The molecule has 0 aliphatic carbocycles. The van der Waals surface area contributed by atoms with Crippen LogP contribution in [0.15, 0.2) is 54.6 Å². The van der Waals surface area contributed by atoms with E-state index in [0.29, 0.717) is 30.5 Å². The Morgan fingerprint density at radius 3 is 2.55 bits per heavy atom. The second-order valence-corrected chi connectivity index (χ2v) is 7.74. The fraction of sp³-hybridized carbons (Fsp3) is 0.250. The van der Waals surface area contributed by atoms with E-state index in [1.54, 1.807) is 17.0 Å². The molecule has 0 unspecified atom stereocenters. The number of amides is 1. The van der Waals surface area contributed by atoms with Crippen LogP contribution in [0.5, 0.6) is 0 Å². The largest absolute Gasteiger partial charge is 0.337 e. The van der Waals surface area contributed by atoms with Crippen LogP contribution < -0.4 is 0 Å². The Morgan fingerprint density at radius 1 is 1.10 bits per heavy atom. The lowest BCUT2D eigenvalue weighted by molar-refractivity contribution is 0.0632. The van der Waals surface area contributed by atoms with E-state index in [1.807, 2.05) is 30.3 Å². The molecule has 4 rings (SSSR count). The Balaban J connectivity index is 1.49. The highest BCUT2D eigenvalue weighted by atomic mass is 19.1. The van der Waals surface area contributed by atoms with Crippen molar-refractivity contribution in [1.82, 2.24) is 15.1 Å². The predicted molar refractivity (Wildman–Crippen MR) is 113 cm³/mol. The fourth-order valence-corrected chi connectivity index (χ4v) is 3.91. The van der Waals surface area contributed by atoms with E-state index in [9.17, 15) is 18.8 Å². The van der Waals surface area contributed by atoms with Crippen LogP contribution in [-0.2, 0) is 0 Å². The van der Waals surface area contributed by atoms with Crippen molar-refractivity contribution in [3.05, 3.63) is 77.4 Å². The number of halogens is 1. The summed E-state index contributed by atoms with van der Waals surface area (Å²) in [5.74, 6) is -1.57. The summed E-state index contributed by atoms with van der Waals surface area (Å²) in [5.41, 5.74) is 1.91. The summed E-state index contributed by atoms with van der Waals surface area (Å²) in [7, 11) is 0. The summed E-state index contributed by atoms with van der Waals surface area (Å²) in [6, 6.07) is 15.1. The number of hydrogen-bond donors (Lipinski definition) is 1. The first kappa shape index (κ1) is 20.7. The molecule has 1 atom stereocenters. The molecule has 3 aromatic rings. The van der Waals surface area contributed by atoms with Gasteiger partial charge in [-0.3, -0.25) is 19.5 Å². The van der Waals surface area contributed by atoms with Crippen LogP contribution in [0.3, 0.4) is 0 Å². The summed E-state index contributed by atoms with van der Waals surface area (Å²) in [6.07, 6.45) is 1.30. The number of nitrogens with zero attached hydrogens (tertiary/aromatic N) is 2. The van der Waals surface area contributed by atoms with Crippen molar-refractivity contribution < 1.29 is 18.8 Å². The normalized spacial score (nSPS) is 16.2. The van der Waals surface area contributed by atoms with Crippen molar-refractivity contribution in [2.75, 3.05) is 13.1 Å². The molecule has 1 saturated heterocycles.